The van der Waals surface area contributed by atoms with E-state index in [2.05, 4.69) is 155 Å². The Balaban J connectivity index is 1.24. The van der Waals surface area contributed by atoms with Crippen molar-refractivity contribution in [3.05, 3.63) is 192 Å². The number of benzene rings is 6. The van der Waals surface area contributed by atoms with E-state index in [1.165, 1.54) is 42.7 Å². The molecule has 0 fully saturated rings. The van der Waals surface area contributed by atoms with Crippen LogP contribution in [0.25, 0.3) is 66.4 Å². The summed E-state index contributed by atoms with van der Waals surface area (Å²) in [5.41, 5.74) is 13.0. The van der Waals surface area contributed by atoms with Crippen LogP contribution in [0, 0.1) is 11.3 Å². The van der Waals surface area contributed by atoms with Crippen LogP contribution in [0.15, 0.2) is 174 Å². The second kappa shape index (κ2) is 10.8. The highest BCUT2D eigenvalue weighted by Gasteiger charge is 2.53. The van der Waals surface area contributed by atoms with Crippen LogP contribution in [0.2, 0.25) is 0 Å². The normalized spacial score (nSPS) is 15.4. The first-order valence-electron chi connectivity index (χ1n) is 18.0. The number of para-hydroxylation sites is 3. The SMILES string of the molecule is N#Cc1ccc2c(c1)c1ccccc1n2-c1cnc2c(c1)C1(c3ccccc3Sc3cccc(-n4c5ccccc5c5ccccc54)c31)c1cccnc1-2. The van der Waals surface area contributed by atoms with Gasteiger partial charge in [-0.1, -0.05) is 96.7 Å². The Bertz CT molecular complexity index is 3240. The van der Waals surface area contributed by atoms with Gasteiger partial charge in [0.2, 0.25) is 0 Å². The molecule has 5 nitrogen and oxygen atoms in total. The fraction of sp³-hybridized carbons (Fsp3) is 0.0208. The van der Waals surface area contributed by atoms with Crippen molar-refractivity contribution >= 4 is 55.4 Å². The van der Waals surface area contributed by atoms with Gasteiger partial charge in [0.05, 0.1) is 68.1 Å². The van der Waals surface area contributed by atoms with Crippen LogP contribution in [-0.2, 0) is 5.41 Å². The van der Waals surface area contributed by atoms with Gasteiger partial charge in [-0.3, -0.25) is 9.97 Å². The average Bonchev–Trinajstić information content (AvgIpc) is 3.85. The zero-order valence-electron chi connectivity index (χ0n) is 28.7. The third-order valence-electron chi connectivity index (χ3n) is 11.5. The first-order valence-corrected chi connectivity index (χ1v) is 18.9. The number of aromatic nitrogens is 4. The van der Waals surface area contributed by atoms with Crippen LogP contribution >= 0.6 is 11.8 Å². The van der Waals surface area contributed by atoms with Gasteiger partial charge in [-0.15, -0.1) is 0 Å². The first kappa shape index (κ1) is 29.6. The molecule has 250 valence electrons. The highest BCUT2D eigenvalue weighted by Crippen LogP contribution is 2.63. The Kier molecular flexibility index (Phi) is 5.92. The van der Waals surface area contributed by atoms with E-state index in [1.54, 1.807) is 0 Å². The lowest BCUT2D eigenvalue weighted by Crippen LogP contribution is -2.33. The fourth-order valence-corrected chi connectivity index (χ4v) is 10.7. The lowest BCUT2D eigenvalue weighted by molar-refractivity contribution is 0.712. The molecule has 1 spiro atoms. The van der Waals surface area contributed by atoms with E-state index < -0.39 is 5.41 Å². The first-order chi connectivity index (χ1) is 26.8. The maximum absolute atomic E-state index is 9.82. The molecule has 10 aromatic rings. The molecule has 5 heterocycles. The molecule has 0 saturated carbocycles. The van der Waals surface area contributed by atoms with Gasteiger partial charge in [0.15, 0.2) is 0 Å². The number of rotatable bonds is 2. The third-order valence-corrected chi connectivity index (χ3v) is 12.6. The van der Waals surface area contributed by atoms with Crippen LogP contribution in [0.5, 0.6) is 0 Å². The highest BCUT2D eigenvalue weighted by molar-refractivity contribution is 7.99. The maximum atomic E-state index is 9.82. The van der Waals surface area contributed by atoms with E-state index in [-0.39, 0.29) is 0 Å². The zero-order chi connectivity index (χ0) is 35.5. The zero-order valence-corrected chi connectivity index (χ0v) is 29.5. The molecule has 6 heteroatoms. The minimum Gasteiger partial charge on any atom is -0.309 e. The Morgan fingerprint density at radius 1 is 0.519 bits per heavy atom. The molecule has 1 aliphatic carbocycles. The largest absolute Gasteiger partial charge is 0.309 e. The number of nitrogens with zero attached hydrogens (tertiary/aromatic N) is 5. The second-order valence-corrected chi connectivity index (χ2v) is 15.1. The highest BCUT2D eigenvalue weighted by atomic mass is 32.2. The van der Waals surface area contributed by atoms with Crippen molar-refractivity contribution in [3.63, 3.8) is 0 Å². The van der Waals surface area contributed by atoms with Crippen LogP contribution in [0.4, 0.5) is 0 Å². The van der Waals surface area contributed by atoms with Crippen LogP contribution < -0.4 is 0 Å². The van der Waals surface area contributed by atoms with E-state index >= 15 is 0 Å². The topological polar surface area (TPSA) is 59.4 Å². The summed E-state index contributed by atoms with van der Waals surface area (Å²) in [6.45, 7) is 0. The molecule has 54 heavy (non-hydrogen) atoms. The molecule has 4 aromatic heterocycles. The molecule has 0 radical (unpaired) electrons. The number of fused-ring (bicyclic) bond motifs is 15. The lowest BCUT2D eigenvalue weighted by Gasteiger charge is -2.40. The predicted octanol–water partition coefficient (Wildman–Crippen LogP) is 11.4. The summed E-state index contributed by atoms with van der Waals surface area (Å²) >= 11 is 1.84. The van der Waals surface area contributed by atoms with Gasteiger partial charge >= 0.3 is 0 Å². The van der Waals surface area contributed by atoms with Crippen molar-refractivity contribution in [2.24, 2.45) is 0 Å². The smallest absolute Gasteiger partial charge is 0.0991 e. The van der Waals surface area contributed by atoms with Crippen molar-refractivity contribution in [2.45, 2.75) is 15.2 Å². The molecule has 2 aliphatic rings. The Morgan fingerprint density at radius 2 is 1.15 bits per heavy atom. The van der Waals surface area contributed by atoms with Crippen LogP contribution in [-0.4, -0.2) is 19.1 Å². The minimum absolute atomic E-state index is 0.642. The molecule has 0 saturated heterocycles. The standard InChI is InChI=1S/C48H27N5S/c49-27-29-22-23-41-34(25-29)33-13-3-5-16-38(33)52(41)30-26-37-47(51-28-30)46-36(15-10-24-50-46)48(37)35-14-4-8-20-43(35)54-44-21-9-19-42(45(44)48)53-39-17-6-1-11-31(39)32-12-2-7-18-40(32)53/h1-26,28H. The maximum Gasteiger partial charge on any atom is 0.0991 e. The molecule has 0 N–H and O–H groups in total. The van der Waals surface area contributed by atoms with Crippen molar-refractivity contribution < 1.29 is 0 Å². The number of hydrogen-bond acceptors (Lipinski definition) is 4. The van der Waals surface area contributed by atoms with Crippen molar-refractivity contribution in [1.82, 2.24) is 19.1 Å². The van der Waals surface area contributed by atoms with Gasteiger partial charge in [0, 0.05) is 48.7 Å². The second-order valence-electron chi connectivity index (χ2n) is 14.1. The summed E-state index contributed by atoms with van der Waals surface area (Å²) in [5.74, 6) is 0. The Morgan fingerprint density at radius 3 is 1.93 bits per heavy atom. The summed E-state index contributed by atoms with van der Waals surface area (Å²) in [7, 11) is 0. The summed E-state index contributed by atoms with van der Waals surface area (Å²) in [5, 5.41) is 14.4. The van der Waals surface area contributed by atoms with Crippen LogP contribution in [0.1, 0.15) is 27.8 Å². The van der Waals surface area contributed by atoms with E-state index in [1.807, 2.05) is 36.3 Å². The summed E-state index contributed by atoms with van der Waals surface area (Å²) in [6, 6.07) is 56.5. The van der Waals surface area contributed by atoms with Crippen LogP contribution in [0.3, 0.4) is 0 Å². The molecular weight excluding hydrogens is 679 g/mol. The third kappa shape index (κ3) is 3.69. The quantitative estimate of drug-likeness (QED) is 0.180. The van der Waals surface area contributed by atoms with Gasteiger partial charge in [0.1, 0.15) is 0 Å². The number of pyridine rings is 2. The average molecular weight is 706 g/mol. The molecule has 6 aromatic carbocycles. The summed E-state index contributed by atoms with van der Waals surface area (Å²) in [6.07, 6.45) is 3.88. The molecule has 12 rings (SSSR count). The van der Waals surface area contributed by atoms with Gasteiger partial charge in [-0.2, -0.15) is 5.26 Å². The van der Waals surface area contributed by atoms with Gasteiger partial charge < -0.3 is 9.13 Å². The fourth-order valence-electron chi connectivity index (χ4n) is 9.44. The molecular formula is C48H27N5S. The lowest BCUT2D eigenvalue weighted by atomic mass is 9.67. The summed E-state index contributed by atoms with van der Waals surface area (Å²) in [4.78, 5) is 12.9. The Hall–Kier alpha value is -6.94. The summed E-state index contributed by atoms with van der Waals surface area (Å²) < 4.78 is 4.76. The molecule has 1 unspecified atom stereocenters. The number of nitriles is 1. The van der Waals surface area contributed by atoms with Gasteiger partial charge in [0.25, 0.3) is 0 Å². The minimum atomic E-state index is -0.727. The number of hydrogen-bond donors (Lipinski definition) is 0. The van der Waals surface area contributed by atoms with Gasteiger partial charge in [-0.25, -0.2) is 0 Å². The molecule has 0 bridgehead atoms. The predicted molar refractivity (Wildman–Crippen MR) is 217 cm³/mol. The molecule has 1 aliphatic heterocycles. The van der Waals surface area contributed by atoms with E-state index in [0.29, 0.717) is 5.56 Å². The Labute approximate surface area is 314 Å². The van der Waals surface area contributed by atoms with E-state index in [4.69, 9.17) is 9.97 Å². The van der Waals surface area contributed by atoms with Crippen molar-refractivity contribution in [1.29, 1.82) is 5.26 Å². The van der Waals surface area contributed by atoms with E-state index in [0.717, 1.165) is 55.7 Å². The molecule has 0 amide bonds. The monoisotopic (exact) mass is 705 g/mol. The molecule has 1 atom stereocenters. The van der Waals surface area contributed by atoms with E-state index in [9.17, 15) is 5.26 Å². The van der Waals surface area contributed by atoms with Gasteiger partial charge in [-0.05, 0) is 77.9 Å². The van der Waals surface area contributed by atoms with Crippen molar-refractivity contribution in [2.75, 3.05) is 0 Å². The van der Waals surface area contributed by atoms with Crippen molar-refractivity contribution in [3.8, 4) is 28.8 Å².